The maximum absolute atomic E-state index is 13.0. The molecule has 0 aliphatic carbocycles. The van der Waals surface area contributed by atoms with Crippen molar-refractivity contribution in [3.8, 4) is 17.2 Å². The lowest BCUT2D eigenvalue weighted by Crippen LogP contribution is -2.16. The molecule has 0 bridgehead atoms. The van der Waals surface area contributed by atoms with Crippen LogP contribution in [0, 0.1) is 0 Å². The first-order valence-electron chi connectivity index (χ1n) is 16.9. The summed E-state index contributed by atoms with van der Waals surface area (Å²) < 4.78 is 26.9. The normalized spacial score (nSPS) is 10.4. The number of carbonyl (C=O) groups is 5. The first kappa shape index (κ1) is 39.7. The molecule has 0 saturated carbocycles. The predicted molar refractivity (Wildman–Crippen MR) is 192 cm³/mol. The number of esters is 3. The molecule has 0 saturated heterocycles. The number of unbranched alkanes of at least 4 members (excludes halogenated alkanes) is 6. The van der Waals surface area contributed by atoms with Crippen LogP contribution < -0.4 is 19.5 Å². The number of methoxy groups -OCH3 is 1. The topological polar surface area (TPSA) is 144 Å². The maximum atomic E-state index is 13.0. The maximum Gasteiger partial charge on any atom is 0.343 e. The molecule has 0 atom stereocenters. The van der Waals surface area contributed by atoms with Gasteiger partial charge in [0.1, 0.15) is 17.2 Å². The van der Waals surface area contributed by atoms with Crippen molar-refractivity contribution in [1.29, 1.82) is 0 Å². The molecule has 11 heteroatoms. The Hall–Kier alpha value is -5.71. The number of hydrogen-bond donors (Lipinski definition) is 1. The molecule has 1 N–H and O–H groups in total. The fourth-order valence-corrected chi connectivity index (χ4v) is 4.75. The lowest BCUT2D eigenvalue weighted by Gasteiger charge is -2.13. The number of allylic oxidation sites excluding steroid dienone is 1. The van der Waals surface area contributed by atoms with E-state index < -0.39 is 23.8 Å². The van der Waals surface area contributed by atoms with Gasteiger partial charge in [-0.15, -0.1) is 0 Å². The molecule has 270 valence electrons. The molecule has 11 nitrogen and oxygen atoms in total. The van der Waals surface area contributed by atoms with Crippen molar-refractivity contribution in [2.45, 2.75) is 57.8 Å². The molecular weight excluding hydrogens is 654 g/mol. The zero-order valence-electron chi connectivity index (χ0n) is 29.0. The third kappa shape index (κ3) is 14.4. The van der Waals surface area contributed by atoms with E-state index in [0.717, 1.165) is 57.4 Å². The van der Waals surface area contributed by atoms with Crippen LogP contribution in [-0.4, -0.2) is 56.5 Å². The first-order valence-corrected chi connectivity index (χ1v) is 16.9. The molecule has 3 aromatic carbocycles. The van der Waals surface area contributed by atoms with Crippen LogP contribution in [0.25, 0.3) is 0 Å². The summed E-state index contributed by atoms with van der Waals surface area (Å²) in [5.74, 6) is -0.884. The van der Waals surface area contributed by atoms with Crippen molar-refractivity contribution >= 4 is 35.3 Å². The molecule has 0 aliphatic heterocycles. The number of carbonyl (C=O) groups excluding carboxylic acids is 5. The van der Waals surface area contributed by atoms with Crippen molar-refractivity contribution in [2.24, 2.45) is 0 Å². The van der Waals surface area contributed by atoms with Crippen LogP contribution in [-0.2, 0) is 19.1 Å². The van der Waals surface area contributed by atoms with Crippen molar-refractivity contribution < 1.29 is 47.7 Å². The molecular formula is C40H45NO10. The van der Waals surface area contributed by atoms with Crippen LogP contribution in [0.4, 0.5) is 5.69 Å². The molecule has 0 fully saturated rings. The first-order chi connectivity index (χ1) is 24.7. The number of ether oxygens (including phenoxy) is 5. The van der Waals surface area contributed by atoms with Crippen LogP contribution in [0.15, 0.2) is 92.0 Å². The second-order valence-corrected chi connectivity index (χ2v) is 11.4. The number of anilines is 1. The minimum atomic E-state index is -0.725. The van der Waals surface area contributed by atoms with Gasteiger partial charge in [0.15, 0.2) is 5.78 Å². The molecule has 0 aromatic heterocycles. The van der Waals surface area contributed by atoms with Crippen LogP contribution in [0.5, 0.6) is 17.2 Å². The molecule has 0 heterocycles. The summed E-state index contributed by atoms with van der Waals surface area (Å²) in [5.41, 5.74) is 0.804. The van der Waals surface area contributed by atoms with Gasteiger partial charge in [0.2, 0.25) is 0 Å². The number of amides is 1. The van der Waals surface area contributed by atoms with E-state index in [9.17, 15) is 24.0 Å². The number of ketones is 1. The molecule has 0 unspecified atom stereocenters. The minimum absolute atomic E-state index is 0.00558. The Balaban J connectivity index is 1.47. The van der Waals surface area contributed by atoms with Gasteiger partial charge in [-0.2, -0.15) is 0 Å². The van der Waals surface area contributed by atoms with E-state index >= 15 is 0 Å². The van der Waals surface area contributed by atoms with E-state index in [0.29, 0.717) is 43.3 Å². The third-order valence-corrected chi connectivity index (χ3v) is 7.59. The Kier molecular flexibility index (Phi) is 17.2. The Labute approximate surface area is 298 Å². The minimum Gasteiger partial charge on any atom is -0.494 e. The van der Waals surface area contributed by atoms with E-state index in [-0.39, 0.29) is 28.3 Å². The summed E-state index contributed by atoms with van der Waals surface area (Å²) >= 11 is 0. The number of benzene rings is 3. The zero-order valence-corrected chi connectivity index (χ0v) is 29.0. The van der Waals surface area contributed by atoms with Crippen molar-refractivity contribution in [3.05, 3.63) is 109 Å². The Morgan fingerprint density at radius 3 is 1.75 bits per heavy atom. The smallest absolute Gasteiger partial charge is 0.343 e. The van der Waals surface area contributed by atoms with Gasteiger partial charge in [0, 0.05) is 18.1 Å². The summed E-state index contributed by atoms with van der Waals surface area (Å²) in [5, 5.41) is 2.72. The van der Waals surface area contributed by atoms with Crippen LogP contribution in [0.3, 0.4) is 0 Å². The van der Waals surface area contributed by atoms with Gasteiger partial charge in [-0.05, 0) is 111 Å². The monoisotopic (exact) mass is 699 g/mol. The number of rotatable bonds is 23. The number of nitrogens with one attached hydrogen (secondary N) is 1. The van der Waals surface area contributed by atoms with E-state index in [4.69, 9.17) is 23.7 Å². The second kappa shape index (κ2) is 22.1. The SMILES string of the molecule is C=CC(=O)CCCCCCOc1ccc(C(=O)Oc2ccc(NC(=O)c3ccc(OCCCCCCOC(=O)C=C)cc3)c(C(=O)OC)c2)cc1. The van der Waals surface area contributed by atoms with Gasteiger partial charge in [-0.1, -0.05) is 26.0 Å². The van der Waals surface area contributed by atoms with Crippen LogP contribution in [0.2, 0.25) is 0 Å². The van der Waals surface area contributed by atoms with Crippen LogP contribution in [0.1, 0.15) is 88.9 Å². The van der Waals surface area contributed by atoms with E-state index in [1.165, 1.54) is 31.4 Å². The summed E-state index contributed by atoms with van der Waals surface area (Å²) in [7, 11) is 1.21. The Morgan fingerprint density at radius 2 is 1.18 bits per heavy atom. The average Bonchev–Trinajstić information content (AvgIpc) is 3.15. The molecule has 0 aliphatic rings. The summed E-state index contributed by atoms with van der Waals surface area (Å²) in [4.78, 5) is 60.8. The summed E-state index contributed by atoms with van der Waals surface area (Å²) in [6.07, 6.45) is 9.97. The summed E-state index contributed by atoms with van der Waals surface area (Å²) in [6, 6.07) is 17.4. The molecule has 3 aromatic rings. The predicted octanol–water partition coefficient (Wildman–Crippen LogP) is 7.70. The van der Waals surface area contributed by atoms with Crippen molar-refractivity contribution in [1.82, 2.24) is 0 Å². The van der Waals surface area contributed by atoms with Crippen molar-refractivity contribution in [2.75, 3.05) is 32.2 Å². The quantitative estimate of drug-likeness (QED) is 0.0453. The zero-order chi connectivity index (χ0) is 36.8. The average molecular weight is 700 g/mol. The molecule has 0 radical (unpaired) electrons. The lowest BCUT2D eigenvalue weighted by atomic mass is 10.1. The van der Waals surface area contributed by atoms with E-state index in [2.05, 4.69) is 18.5 Å². The van der Waals surface area contributed by atoms with E-state index in [1.54, 1.807) is 48.5 Å². The van der Waals surface area contributed by atoms with Gasteiger partial charge in [0.05, 0.1) is 43.7 Å². The standard InChI is InChI=1S/C40H45NO10/c1-4-31(42)14-10-6-7-11-25-49-33-21-17-30(18-22-33)39(45)51-34-23-24-36(35(28-34)40(46)47-3)41-38(44)29-15-19-32(20-16-29)48-26-12-8-9-13-27-50-37(43)5-2/h4-5,15-24,28H,1-2,6-14,25-27H2,3H3,(H,41,44). The van der Waals surface area contributed by atoms with Gasteiger partial charge in [-0.3, -0.25) is 9.59 Å². The highest BCUT2D eigenvalue weighted by molar-refractivity contribution is 6.08. The Morgan fingerprint density at radius 1 is 0.627 bits per heavy atom. The molecule has 3 rings (SSSR count). The largest absolute Gasteiger partial charge is 0.494 e. The van der Waals surface area contributed by atoms with E-state index in [1.807, 2.05) is 0 Å². The fraction of sp³-hybridized carbons (Fsp3) is 0.325. The fourth-order valence-electron chi connectivity index (χ4n) is 4.75. The molecule has 0 spiro atoms. The van der Waals surface area contributed by atoms with Crippen molar-refractivity contribution in [3.63, 3.8) is 0 Å². The van der Waals surface area contributed by atoms with Gasteiger partial charge in [-0.25, -0.2) is 14.4 Å². The van der Waals surface area contributed by atoms with Crippen LogP contribution >= 0.6 is 0 Å². The highest BCUT2D eigenvalue weighted by Gasteiger charge is 2.18. The molecule has 51 heavy (non-hydrogen) atoms. The molecule has 1 amide bonds. The second-order valence-electron chi connectivity index (χ2n) is 11.4. The lowest BCUT2D eigenvalue weighted by molar-refractivity contribution is -0.137. The highest BCUT2D eigenvalue weighted by Crippen LogP contribution is 2.25. The van der Waals surface area contributed by atoms with Gasteiger partial charge in [0.25, 0.3) is 5.91 Å². The van der Waals surface area contributed by atoms with Gasteiger partial charge >= 0.3 is 17.9 Å². The highest BCUT2D eigenvalue weighted by atomic mass is 16.5. The third-order valence-electron chi connectivity index (χ3n) is 7.59. The van der Waals surface area contributed by atoms with Gasteiger partial charge < -0.3 is 29.0 Å². The Bertz CT molecular complexity index is 1630. The number of hydrogen-bond acceptors (Lipinski definition) is 10. The summed E-state index contributed by atoms with van der Waals surface area (Å²) in [6.45, 7) is 8.21.